The number of rotatable bonds is 9. The van der Waals surface area contributed by atoms with Gasteiger partial charge in [-0.15, -0.1) is 0 Å². The van der Waals surface area contributed by atoms with Gasteiger partial charge in [-0.05, 0) is 56.9 Å². The Labute approximate surface area is 166 Å². The highest BCUT2D eigenvalue weighted by Gasteiger charge is 2.24. The van der Waals surface area contributed by atoms with Crippen molar-refractivity contribution in [2.24, 2.45) is 5.92 Å². The van der Waals surface area contributed by atoms with Gasteiger partial charge < -0.3 is 10.1 Å². The molecule has 0 aromatic heterocycles. The monoisotopic (exact) mass is 402 g/mol. The summed E-state index contributed by atoms with van der Waals surface area (Å²) >= 11 is 0. The summed E-state index contributed by atoms with van der Waals surface area (Å²) < 4.78 is 33.2. The number of benzene rings is 2. The third-order valence-electron chi connectivity index (χ3n) is 4.44. The van der Waals surface area contributed by atoms with E-state index < -0.39 is 10.0 Å². The number of amides is 1. The van der Waals surface area contributed by atoms with Crippen molar-refractivity contribution in [3.63, 3.8) is 0 Å². The number of para-hydroxylation sites is 1. The third-order valence-corrected chi connectivity index (χ3v) is 5.86. The van der Waals surface area contributed by atoms with E-state index in [1.165, 1.54) is 12.1 Å². The van der Waals surface area contributed by atoms with E-state index in [0.717, 1.165) is 24.2 Å². The van der Waals surface area contributed by atoms with Gasteiger partial charge in [0, 0.05) is 24.2 Å². The van der Waals surface area contributed by atoms with Crippen LogP contribution in [0.4, 0.5) is 0 Å². The van der Waals surface area contributed by atoms with Crippen LogP contribution < -0.4 is 14.8 Å². The van der Waals surface area contributed by atoms with Gasteiger partial charge in [0.2, 0.25) is 10.0 Å². The molecule has 2 aromatic carbocycles. The first-order chi connectivity index (χ1) is 13.3. The van der Waals surface area contributed by atoms with Crippen LogP contribution in [0.15, 0.2) is 53.4 Å². The van der Waals surface area contributed by atoms with E-state index in [-0.39, 0.29) is 16.9 Å². The Balaban J connectivity index is 1.66. The van der Waals surface area contributed by atoms with Gasteiger partial charge in [-0.25, -0.2) is 13.1 Å². The Morgan fingerprint density at radius 3 is 2.61 bits per heavy atom. The number of ether oxygens (including phenoxy) is 1. The van der Waals surface area contributed by atoms with Crippen molar-refractivity contribution in [2.75, 3.05) is 6.54 Å². The lowest BCUT2D eigenvalue weighted by Crippen LogP contribution is -2.27. The topological polar surface area (TPSA) is 84.5 Å². The quantitative estimate of drug-likeness (QED) is 0.675. The lowest BCUT2D eigenvalue weighted by atomic mass is 10.1. The highest BCUT2D eigenvalue weighted by atomic mass is 32.2. The van der Waals surface area contributed by atoms with E-state index in [0.29, 0.717) is 24.6 Å². The van der Waals surface area contributed by atoms with E-state index >= 15 is 0 Å². The molecule has 7 heteroatoms. The van der Waals surface area contributed by atoms with Crippen LogP contribution in [0.3, 0.4) is 0 Å². The Hall–Kier alpha value is -2.38. The SMILES string of the molecule is CC(C)Oc1ccccc1CNC(=O)c1cccc(S(=O)(=O)NCC2CC2)c1. The molecule has 0 heterocycles. The highest BCUT2D eigenvalue weighted by Crippen LogP contribution is 2.28. The molecule has 0 saturated heterocycles. The van der Waals surface area contributed by atoms with Gasteiger partial charge >= 0.3 is 0 Å². The minimum atomic E-state index is -3.61. The molecule has 3 rings (SSSR count). The summed E-state index contributed by atoms with van der Waals surface area (Å²) in [6, 6.07) is 13.6. The number of nitrogens with one attached hydrogen (secondary N) is 2. The summed E-state index contributed by atoms with van der Waals surface area (Å²) in [6.45, 7) is 4.63. The maximum absolute atomic E-state index is 12.5. The van der Waals surface area contributed by atoms with Crippen LogP contribution >= 0.6 is 0 Å². The number of hydrogen-bond acceptors (Lipinski definition) is 4. The van der Waals surface area contributed by atoms with E-state index in [1.54, 1.807) is 12.1 Å². The largest absolute Gasteiger partial charge is 0.491 e. The molecule has 28 heavy (non-hydrogen) atoms. The zero-order valence-electron chi connectivity index (χ0n) is 16.1. The fourth-order valence-electron chi connectivity index (χ4n) is 2.73. The molecular formula is C21H26N2O4S. The van der Waals surface area contributed by atoms with Crippen LogP contribution in [0, 0.1) is 5.92 Å². The first-order valence-electron chi connectivity index (χ1n) is 9.47. The molecule has 1 aliphatic rings. The van der Waals surface area contributed by atoms with Crippen LogP contribution in [0.2, 0.25) is 0 Å². The zero-order valence-corrected chi connectivity index (χ0v) is 17.0. The van der Waals surface area contributed by atoms with Crippen LogP contribution in [0.5, 0.6) is 5.75 Å². The average Bonchev–Trinajstić information content (AvgIpc) is 3.50. The fourth-order valence-corrected chi connectivity index (χ4v) is 3.90. The summed E-state index contributed by atoms with van der Waals surface area (Å²) in [7, 11) is -3.61. The van der Waals surface area contributed by atoms with Gasteiger partial charge in [-0.2, -0.15) is 0 Å². The van der Waals surface area contributed by atoms with Gasteiger partial charge in [0.25, 0.3) is 5.91 Å². The molecule has 1 amide bonds. The summed E-state index contributed by atoms with van der Waals surface area (Å²) in [5, 5.41) is 2.83. The molecule has 6 nitrogen and oxygen atoms in total. The second kappa shape index (κ2) is 8.75. The maximum atomic E-state index is 12.5. The molecule has 1 aliphatic carbocycles. The summed E-state index contributed by atoms with van der Waals surface area (Å²) in [5.41, 5.74) is 1.16. The summed E-state index contributed by atoms with van der Waals surface area (Å²) in [4.78, 5) is 12.6. The standard InChI is InChI=1S/C21H26N2O4S/c1-15(2)27-20-9-4-3-6-18(20)14-22-21(24)17-7-5-8-19(12-17)28(25,26)23-13-16-10-11-16/h3-9,12,15-16,23H,10-11,13-14H2,1-2H3,(H,22,24). The van der Waals surface area contributed by atoms with E-state index in [9.17, 15) is 13.2 Å². The van der Waals surface area contributed by atoms with Crippen molar-refractivity contribution in [1.82, 2.24) is 10.0 Å². The van der Waals surface area contributed by atoms with Crippen LogP contribution in [-0.4, -0.2) is 27.0 Å². The molecule has 0 unspecified atom stereocenters. The Bertz CT molecular complexity index is 937. The highest BCUT2D eigenvalue weighted by molar-refractivity contribution is 7.89. The van der Waals surface area contributed by atoms with Gasteiger partial charge in [0.05, 0.1) is 11.0 Å². The van der Waals surface area contributed by atoms with Crippen LogP contribution in [0.1, 0.15) is 42.6 Å². The van der Waals surface area contributed by atoms with Crippen molar-refractivity contribution >= 4 is 15.9 Å². The van der Waals surface area contributed by atoms with Crippen molar-refractivity contribution in [3.8, 4) is 5.75 Å². The van der Waals surface area contributed by atoms with Crippen molar-refractivity contribution in [2.45, 2.75) is 44.2 Å². The van der Waals surface area contributed by atoms with Gasteiger partial charge in [-0.3, -0.25) is 4.79 Å². The molecule has 1 fully saturated rings. The Morgan fingerprint density at radius 1 is 1.14 bits per heavy atom. The first kappa shape index (κ1) is 20.4. The molecule has 0 bridgehead atoms. The summed E-state index contributed by atoms with van der Waals surface area (Å²) in [5.74, 6) is 0.825. The van der Waals surface area contributed by atoms with E-state index in [1.807, 2.05) is 38.1 Å². The van der Waals surface area contributed by atoms with Gasteiger partial charge in [0.1, 0.15) is 5.75 Å². The first-order valence-corrected chi connectivity index (χ1v) is 11.0. The molecule has 0 spiro atoms. The normalized spacial score (nSPS) is 14.1. The lowest BCUT2D eigenvalue weighted by molar-refractivity contribution is 0.0950. The minimum absolute atomic E-state index is 0.0295. The smallest absolute Gasteiger partial charge is 0.251 e. The number of carbonyl (C=O) groups is 1. The van der Waals surface area contributed by atoms with E-state index in [4.69, 9.17) is 4.74 Å². The minimum Gasteiger partial charge on any atom is -0.491 e. The number of carbonyl (C=O) groups excluding carboxylic acids is 1. The molecule has 2 N–H and O–H groups in total. The molecule has 0 atom stereocenters. The van der Waals surface area contributed by atoms with Crippen molar-refractivity contribution in [3.05, 3.63) is 59.7 Å². The molecule has 2 aromatic rings. The lowest BCUT2D eigenvalue weighted by Gasteiger charge is -2.14. The molecule has 0 radical (unpaired) electrons. The van der Waals surface area contributed by atoms with Crippen LogP contribution in [0.25, 0.3) is 0 Å². The second-order valence-corrected chi connectivity index (χ2v) is 9.05. The van der Waals surface area contributed by atoms with E-state index in [2.05, 4.69) is 10.0 Å². The van der Waals surface area contributed by atoms with Crippen molar-refractivity contribution < 1.29 is 17.9 Å². The molecule has 1 saturated carbocycles. The maximum Gasteiger partial charge on any atom is 0.251 e. The number of sulfonamides is 1. The Kier molecular flexibility index (Phi) is 6.36. The number of hydrogen-bond donors (Lipinski definition) is 2. The zero-order chi connectivity index (χ0) is 20.1. The van der Waals surface area contributed by atoms with Gasteiger partial charge in [-0.1, -0.05) is 24.3 Å². The summed E-state index contributed by atoms with van der Waals surface area (Å²) in [6.07, 6.45) is 2.15. The molecular weight excluding hydrogens is 376 g/mol. The second-order valence-electron chi connectivity index (χ2n) is 7.28. The average molecular weight is 403 g/mol. The van der Waals surface area contributed by atoms with Crippen molar-refractivity contribution in [1.29, 1.82) is 0 Å². The molecule has 150 valence electrons. The predicted molar refractivity (Wildman–Crippen MR) is 108 cm³/mol. The van der Waals surface area contributed by atoms with Gasteiger partial charge in [0.15, 0.2) is 0 Å². The fraction of sp³-hybridized carbons (Fsp3) is 0.381. The van der Waals surface area contributed by atoms with Crippen LogP contribution in [-0.2, 0) is 16.6 Å². The predicted octanol–water partition coefficient (Wildman–Crippen LogP) is 3.09. The molecule has 0 aliphatic heterocycles. The Morgan fingerprint density at radius 2 is 1.89 bits per heavy atom. The third kappa shape index (κ3) is 5.56.